The van der Waals surface area contributed by atoms with Crippen LogP contribution in [0.1, 0.15) is 12.5 Å². The van der Waals surface area contributed by atoms with E-state index in [0.29, 0.717) is 11.4 Å². The zero-order valence-corrected chi connectivity index (χ0v) is 11.8. The first-order valence-electron chi connectivity index (χ1n) is 5.08. The quantitative estimate of drug-likeness (QED) is 0.849. The van der Waals surface area contributed by atoms with E-state index in [9.17, 15) is 8.42 Å². The second-order valence-corrected chi connectivity index (χ2v) is 6.34. The average molecular weight is 306 g/mol. The lowest BCUT2D eigenvalue weighted by Crippen LogP contribution is -2.28. The Balaban J connectivity index is 2.74. The fourth-order valence-corrected chi connectivity index (χ4v) is 2.50. The third kappa shape index (κ3) is 3.88. The van der Waals surface area contributed by atoms with Gasteiger partial charge in [0.15, 0.2) is 0 Å². The second-order valence-electron chi connectivity index (χ2n) is 3.92. The third-order valence-electron chi connectivity index (χ3n) is 2.22. The van der Waals surface area contributed by atoms with Gasteiger partial charge in [0.2, 0.25) is 10.0 Å². The number of hydrogen-bond acceptors (Lipinski definition) is 2. The van der Waals surface area contributed by atoms with Crippen LogP contribution >= 0.6 is 15.9 Å². The molecular weight excluding hydrogens is 290 g/mol. The topological polar surface area (TPSA) is 46.2 Å². The normalized spacial score (nSPS) is 13.7. The summed E-state index contributed by atoms with van der Waals surface area (Å²) < 4.78 is 26.3. The van der Waals surface area contributed by atoms with Gasteiger partial charge in [0.05, 0.1) is 4.90 Å². The number of aryl methyl sites for hydroxylation is 1. The van der Waals surface area contributed by atoms with Gasteiger partial charge >= 0.3 is 0 Å². The molecule has 1 rings (SSSR count). The number of halogens is 1. The number of rotatable bonds is 5. The number of sulfonamides is 1. The summed E-state index contributed by atoms with van der Waals surface area (Å²) >= 11 is 3.31. The van der Waals surface area contributed by atoms with Crippen LogP contribution in [0.4, 0.5) is 0 Å². The van der Waals surface area contributed by atoms with Crippen LogP contribution in [0.5, 0.6) is 0 Å². The summed E-state index contributed by atoms with van der Waals surface area (Å²) in [5.41, 5.74) is 1.05. The van der Waals surface area contributed by atoms with Crippen molar-refractivity contribution in [3.8, 4) is 0 Å². The van der Waals surface area contributed by atoms with Crippen molar-refractivity contribution in [1.29, 1.82) is 0 Å². The first kappa shape index (κ1) is 13.7. The molecule has 1 N–H and O–H groups in total. The van der Waals surface area contributed by atoms with Crippen molar-refractivity contribution in [2.24, 2.45) is 5.92 Å². The van der Waals surface area contributed by atoms with Crippen LogP contribution < -0.4 is 4.72 Å². The van der Waals surface area contributed by atoms with Gasteiger partial charge in [0.1, 0.15) is 0 Å². The molecular formula is C11H16BrNO2S. The second kappa shape index (κ2) is 5.80. The van der Waals surface area contributed by atoms with Gasteiger partial charge in [0, 0.05) is 11.9 Å². The fraction of sp³-hybridized carbons (Fsp3) is 0.455. The van der Waals surface area contributed by atoms with Crippen molar-refractivity contribution in [2.75, 3.05) is 11.9 Å². The maximum Gasteiger partial charge on any atom is 0.240 e. The Morgan fingerprint density at radius 3 is 2.38 bits per heavy atom. The Labute approximate surface area is 105 Å². The van der Waals surface area contributed by atoms with Gasteiger partial charge in [-0.15, -0.1) is 0 Å². The predicted octanol–water partition coefficient (Wildman–Crippen LogP) is 2.30. The highest BCUT2D eigenvalue weighted by atomic mass is 79.9. The van der Waals surface area contributed by atoms with Gasteiger partial charge in [-0.05, 0) is 25.0 Å². The average Bonchev–Trinajstić information content (AvgIpc) is 2.26. The van der Waals surface area contributed by atoms with E-state index >= 15 is 0 Å². The van der Waals surface area contributed by atoms with Gasteiger partial charge < -0.3 is 0 Å². The molecule has 0 saturated heterocycles. The lowest BCUT2D eigenvalue weighted by atomic mass is 10.2. The molecule has 1 atom stereocenters. The van der Waals surface area contributed by atoms with Crippen molar-refractivity contribution in [2.45, 2.75) is 18.7 Å². The maximum atomic E-state index is 11.8. The van der Waals surface area contributed by atoms with E-state index in [-0.39, 0.29) is 5.92 Å². The highest BCUT2D eigenvalue weighted by Crippen LogP contribution is 2.10. The maximum absolute atomic E-state index is 11.8. The van der Waals surface area contributed by atoms with E-state index in [4.69, 9.17) is 0 Å². The van der Waals surface area contributed by atoms with Gasteiger partial charge in [-0.3, -0.25) is 0 Å². The molecule has 0 heterocycles. The molecule has 0 saturated carbocycles. The number of hydrogen-bond donors (Lipinski definition) is 1. The summed E-state index contributed by atoms with van der Waals surface area (Å²) in [5.74, 6) is 0.278. The Kier molecular flexibility index (Phi) is 4.95. The van der Waals surface area contributed by atoms with Crippen LogP contribution in [0.2, 0.25) is 0 Å². The molecule has 1 aromatic carbocycles. The molecule has 0 spiro atoms. The highest BCUT2D eigenvalue weighted by molar-refractivity contribution is 9.09. The Morgan fingerprint density at radius 1 is 1.31 bits per heavy atom. The molecule has 0 fully saturated rings. The standard InChI is InChI=1S/C11H16BrNO2S/c1-9-3-5-11(6-4-9)16(14,15)13-8-10(2)7-12/h3-6,10,13H,7-8H2,1-2H3. The predicted molar refractivity (Wildman–Crippen MR) is 69.3 cm³/mol. The molecule has 0 aliphatic carbocycles. The SMILES string of the molecule is Cc1ccc(S(=O)(=O)NCC(C)CBr)cc1. The summed E-state index contributed by atoms with van der Waals surface area (Å²) in [7, 11) is -3.35. The molecule has 0 amide bonds. The van der Waals surface area contributed by atoms with Crippen LogP contribution in [0.15, 0.2) is 29.2 Å². The van der Waals surface area contributed by atoms with Crippen molar-refractivity contribution >= 4 is 26.0 Å². The molecule has 0 radical (unpaired) electrons. The lowest BCUT2D eigenvalue weighted by Gasteiger charge is -2.10. The van der Waals surface area contributed by atoms with E-state index in [1.807, 2.05) is 13.8 Å². The van der Waals surface area contributed by atoms with E-state index < -0.39 is 10.0 Å². The van der Waals surface area contributed by atoms with E-state index in [1.165, 1.54) is 0 Å². The minimum Gasteiger partial charge on any atom is -0.211 e. The van der Waals surface area contributed by atoms with Crippen LogP contribution in [0.25, 0.3) is 0 Å². The van der Waals surface area contributed by atoms with Crippen LogP contribution in [-0.2, 0) is 10.0 Å². The van der Waals surface area contributed by atoms with Crippen molar-refractivity contribution in [3.05, 3.63) is 29.8 Å². The first-order valence-corrected chi connectivity index (χ1v) is 7.68. The van der Waals surface area contributed by atoms with E-state index in [1.54, 1.807) is 24.3 Å². The summed E-state index contributed by atoms with van der Waals surface area (Å²) in [6.07, 6.45) is 0. The summed E-state index contributed by atoms with van der Waals surface area (Å²) in [5, 5.41) is 0.781. The lowest BCUT2D eigenvalue weighted by molar-refractivity contribution is 0.563. The molecule has 16 heavy (non-hydrogen) atoms. The number of nitrogens with one attached hydrogen (secondary N) is 1. The first-order chi connectivity index (χ1) is 7.45. The molecule has 5 heteroatoms. The van der Waals surface area contributed by atoms with Crippen molar-refractivity contribution < 1.29 is 8.42 Å². The Bertz CT molecular complexity index is 428. The van der Waals surface area contributed by atoms with Crippen molar-refractivity contribution in [1.82, 2.24) is 4.72 Å². The van der Waals surface area contributed by atoms with E-state index in [2.05, 4.69) is 20.7 Å². The van der Waals surface area contributed by atoms with Gasteiger partial charge in [-0.25, -0.2) is 13.1 Å². The molecule has 1 unspecified atom stereocenters. The summed E-state index contributed by atoms with van der Waals surface area (Å²) in [4.78, 5) is 0.319. The zero-order valence-electron chi connectivity index (χ0n) is 9.40. The largest absolute Gasteiger partial charge is 0.240 e. The van der Waals surface area contributed by atoms with Crippen LogP contribution in [-0.4, -0.2) is 20.3 Å². The fourth-order valence-electron chi connectivity index (χ4n) is 1.11. The van der Waals surface area contributed by atoms with Gasteiger partial charge in [0.25, 0.3) is 0 Å². The summed E-state index contributed by atoms with van der Waals surface area (Å²) in [6.45, 7) is 4.35. The highest BCUT2D eigenvalue weighted by Gasteiger charge is 2.14. The van der Waals surface area contributed by atoms with Crippen LogP contribution in [0, 0.1) is 12.8 Å². The van der Waals surface area contributed by atoms with Crippen molar-refractivity contribution in [3.63, 3.8) is 0 Å². The number of alkyl halides is 1. The molecule has 3 nitrogen and oxygen atoms in total. The third-order valence-corrected chi connectivity index (χ3v) is 4.76. The van der Waals surface area contributed by atoms with Gasteiger partial charge in [-0.2, -0.15) is 0 Å². The molecule has 0 aliphatic heterocycles. The van der Waals surface area contributed by atoms with Gasteiger partial charge in [-0.1, -0.05) is 40.5 Å². The molecule has 90 valence electrons. The minimum atomic E-state index is -3.35. The van der Waals surface area contributed by atoms with E-state index in [0.717, 1.165) is 10.9 Å². The smallest absolute Gasteiger partial charge is 0.211 e. The number of benzene rings is 1. The molecule has 0 aromatic heterocycles. The molecule has 0 aliphatic rings. The van der Waals surface area contributed by atoms with Crippen LogP contribution in [0.3, 0.4) is 0 Å². The monoisotopic (exact) mass is 305 g/mol. The zero-order chi connectivity index (χ0) is 12.2. The molecule has 1 aromatic rings. The minimum absolute atomic E-state index is 0.278. The Hall–Kier alpha value is -0.390. The Morgan fingerprint density at radius 2 is 1.88 bits per heavy atom. The molecule has 0 bridgehead atoms. The summed E-state index contributed by atoms with van der Waals surface area (Å²) in [6, 6.07) is 6.83.